The summed E-state index contributed by atoms with van der Waals surface area (Å²) in [6.45, 7) is 3.03. The van der Waals surface area contributed by atoms with Gasteiger partial charge in [-0.2, -0.15) is 0 Å². The molecule has 0 radical (unpaired) electrons. The molecule has 148 valence electrons. The third-order valence-corrected chi connectivity index (χ3v) is 4.28. The lowest BCUT2D eigenvalue weighted by molar-refractivity contribution is -0.111. The topological polar surface area (TPSA) is 73.9 Å². The molecule has 6 nitrogen and oxygen atoms in total. The summed E-state index contributed by atoms with van der Waals surface area (Å²) in [4.78, 5) is 24.0. The summed E-state index contributed by atoms with van der Waals surface area (Å²) in [5.74, 6) is 0.0136. The van der Waals surface area contributed by atoms with Gasteiger partial charge in [-0.25, -0.2) is 4.79 Å². The lowest BCUT2D eigenvalue weighted by atomic mass is 10.2. The van der Waals surface area contributed by atoms with Gasteiger partial charge in [-0.1, -0.05) is 6.07 Å². The van der Waals surface area contributed by atoms with Gasteiger partial charge in [0, 0.05) is 18.4 Å². The van der Waals surface area contributed by atoms with Crippen molar-refractivity contribution in [2.24, 2.45) is 0 Å². The maximum atomic E-state index is 12.1. The van der Waals surface area contributed by atoms with Crippen molar-refractivity contribution in [3.8, 4) is 5.75 Å². The predicted molar refractivity (Wildman–Crippen MR) is 112 cm³/mol. The van der Waals surface area contributed by atoms with E-state index in [1.165, 1.54) is 6.08 Å². The first-order chi connectivity index (χ1) is 13.5. The molecule has 0 unspecified atom stereocenters. The third-order valence-electron chi connectivity index (χ3n) is 3.66. The fourth-order valence-electron chi connectivity index (χ4n) is 2.25. The molecule has 0 saturated carbocycles. The fourth-order valence-corrected chi connectivity index (χ4v) is 2.81. The molecule has 2 rings (SSSR count). The Morgan fingerprint density at radius 3 is 2.50 bits per heavy atom. The monoisotopic (exact) mass is 447 g/mol. The summed E-state index contributed by atoms with van der Waals surface area (Å²) in [6, 6.07) is 12.0. The standard InChI is InChI=1S/C21H22BrNO5/c1-3-27-12-13-28-21(25)16-6-8-17(9-7-16)23-20(24)11-5-15-4-10-19(26-2)18(22)14-15/h4-11,14H,3,12-13H2,1-2H3,(H,23,24)/b11-5+. The number of hydrogen-bond acceptors (Lipinski definition) is 5. The summed E-state index contributed by atoms with van der Waals surface area (Å²) in [5, 5.41) is 2.74. The van der Waals surface area contributed by atoms with Crippen molar-refractivity contribution < 1.29 is 23.8 Å². The molecule has 1 amide bonds. The van der Waals surface area contributed by atoms with E-state index in [0.29, 0.717) is 24.5 Å². The smallest absolute Gasteiger partial charge is 0.338 e. The second-order valence-corrected chi connectivity index (χ2v) is 6.48. The molecule has 0 aromatic heterocycles. The quantitative estimate of drug-likeness (QED) is 0.352. The predicted octanol–water partition coefficient (Wildman–Crippen LogP) is 4.30. The summed E-state index contributed by atoms with van der Waals surface area (Å²) in [6.07, 6.45) is 3.13. The number of halogens is 1. The van der Waals surface area contributed by atoms with Crippen LogP contribution in [-0.4, -0.2) is 38.8 Å². The van der Waals surface area contributed by atoms with Crippen molar-refractivity contribution in [2.45, 2.75) is 6.92 Å². The lowest BCUT2D eigenvalue weighted by Crippen LogP contribution is -2.11. The molecule has 0 saturated heterocycles. The molecule has 0 heterocycles. The van der Waals surface area contributed by atoms with Crippen molar-refractivity contribution in [1.82, 2.24) is 0 Å². The number of nitrogens with one attached hydrogen (secondary N) is 1. The molecular formula is C21H22BrNO5. The summed E-state index contributed by atoms with van der Waals surface area (Å²) in [5.41, 5.74) is 1.84. The summed E-state index contributed by atoms with van der Waals surface area (Å²) >= 11 is 3.41. The maximum Gasteiger partial charge on any atom is 0.338 e. The molecule has 0 spiro atoms. The average molecular weight is 448 g/mol. The second-order valence-electron chi connectivity index (χ2n) is 5.63. The van der Waals surface area contributed by atoms with E-state index in [2.05, 4.69) is 21.2 Å². The largest absolute Gasteiger partial charge is 0.496 e. The van der Waals surface area contributed by atoms with Crippen LogP contribution in [0.5, 0.6) is 5.75 Å². The second kappa shape index (κ2) is 11.3. The number of carbonyl (C=O) groups excluding carboxylic acids is 2. The van der Waals surface area contributed by atoms with E-state index < -0.39 is 5.97 Å². The van der Waals surface area contributed by atoms with E-state index in [-0.39, 0.29) is 12.5 Å². The van der Waals surface area contributed by atoms with E-state index in [1.807, 2.05) is 25.1 Å². The van der Waals surface area contributed by atoms with E-state index in [1.54, 1.807) is 37.5 Å². The van der Waals surface area contributed by atoms with Crippen LogP contribution in [0, 0.1) is 0 Å². The van der Waals surface area contributed by atoms with Crippen molar-refractivity contribution in [3.05, 3.63) is 64.1 Å². The van der Waals surface area contributed by atoms with Gasteiger partial charge in [-0.3, -0.25) is 4.79 Å². The van der Waals surface area contributed by atoms with Gasteiger partial charge in [0.25, 0.3) is 0 Å². The Kier molecular flexibility index (Phi) is 8.71. The van der Waals surface area contributed by atoms with E-state index >= 15 is 0 Å². The van der Waals surface area contributed by atoms with Crippen molar-refractivity contribution in [3.63, 3.8) is 0 Å². The molecule has 0 fully saturated rings. The molecular weight excluding hydrogens is 426 g/mol. The highest BCUT2D eigenvalue weighted by Gasteiger charge is 2.07. The lowest BCUT2D eigenvalue weighted by Gasteiger charge is -2.06. The summed E-state index contributed by atoms with van der Waals surface area (Å²) in [7, 11) is 1.59. The van der Waals surface area contributed by atoms with Gasteiger partial charge in [-0.15, -0.1) is 0 Å². The highest BCUT2D eigenvalue weighted by Crippen LogP contribution is 2.26. The minimum Gasteiger partial charge on any atom is -0.496 e. The number of rotatable bonds is 9. The van der Waals surface area contributed by atoms with Crippen LogP contribution in [0.15, 0.2) is 53.0 Å². The summed E-state index contributed by atoms with van der Waals surface area (Å²) < 4.78 is 16.2. The number of ether oxygens (including phenoxy) is 3. The van der Waals surface area contributed by atoms with Gasteiger partial charge in [-0.05, 0) is 70.9 Å². The van der Waals surface area contributed by atoms with Crippen LogP contribution in [-0.2, 0) is 14.3 Å². The van der Waals surface area contributed by atoms with Crippen LogP contribution >= 0.6 is 15.9 Å². The zero-order valence-corrected chi connectivity index (χ0v) is 17.3. The van der Waals surface area contributed by atoms with E-state index in [9.17, 15) is 9.59 Å². The molecule has 28 heavy (non-hydrogen) atoms. The number of methoxy groups -OCH3 is 1. The van der Waals surface area contributed by atoms with Gasteiger partial charge < -0.3 is 19.5 Å². The number of hydrogen-bond donors (Lipinski definition) is 1. The molecule has 0 bridgehead atoms. The normalized spacial score (nSPS) is 10.7. The Morgan fingerprint density at radius 1 is 1.11 bits per heavy atom. The Labute approximate surface area is 172 Å². The molecule has 2 aromatic carbocycles. The van der Waals surface area contributed by atoms with Gasteiger partial charge >= 0.3 is 5.97 Å². The Hall–Kier alpha value is -2.64. The van der Waals surface area contributed by atoms with Gasteiger partial charge in [0.15, 0.2) is 0 Å². The number of anilines is 1. The maximum absolute atomic E-state index is 12.1. The van der Waals surface area contributed by atoms with Gasteiger partial charge in [0.05, 0.1) is 23.8 Å². The highest BCUT2D eigenvalue weighted by atomic mass is 79.9. The zero-order chi connectivity index (χ0) is 20.4. The van der Waals surface area contributed by atoms with Crippen LogP contribution in [0.1, 0.15) is 22.8 Å². The third kappa shape index (κ3) is 6.83. The first-order valence-electron chi connectivity index (χ1n) is 8.71. The molecule has 2 aromatic rings. The van der Waals surface area contributed by atoms with Crippen LogP contribution in [0.4, 0.5) is 5.69 Å². The van der Waals surface area contributed by atoms with Gasteiger partial charge in [0.2, 0.25) is 5.91 Å². The van der Waals surface area contributed by atoms with Crippen LogP contribution in [0.2, 0.25) is 0 Å². The minimum atomic E-state index is -0.428. The minimum absolute atomic E-state index is 0.206. The zero-order valence-electron chi connectivity index (χ0n) is 15.7. The van der Waals surface area contributed by atoms with Crippen LogP contribution < -0.4 is 10.1 Å². The van der Waals surface area contributed by atoms with Crippen LogP contribution in [0.25, 0.3) is 6.08 Å². The molecule has 0 aliphatic carbocycles. The molecule has 0 aliphatic heterocycles. The molecule has 7 heteroatoms. The number of benzene rings is 2. The highest BCUT2D eigenvalue weighted by molar-refractivity contribution is 9.10. The first kappa shape index (κ1) is 21.7. The van der Waals surface area contributed by atoms with Crippen LogP contribution in [0.3, 0.4) is 0 Å². The molecule has 1 N–H and O–H groups in total. The molecule has 0 aliphatic rings. The fraction of sp³-hybridized carbons (Fsp3) is 0.238. The van der Waals surface area contributed by atoms with Crippen molar-refractivity contribution in [2.75, 3.05) is 32.2 Å². The molecule has 0 atom stereocenters. The Balaban J connectivity index is 1.88. The Bertz CT molecular complexity index is 833. The van der Waals surface area contributed by atoms with Crippen molar-refractivity contribution >= 4 is 39.6 Å². The first-order valence-corrected chi connectivity index (χ1v) is 9.50. The Morgan fingerprint density at radius 2 is 1.86 bits per heavy atom. The van der Waals surface area contributed by atoms with E-state index in [4.69, 9.17) is 14.2 Å². The van der Waals surface area contributed by atoms with Gasteiger partial charge in [0.1, 0.15) is 12.4 Å². The number of esters is 1. The average Bonchev–Trinajstić information content (AvgIpc) is 2.70. The number of carbonyl (C=O) groups is 2. The van der Waals surface area contributed by atoms with Crippen molar-refractivity contribution in [1.29, 1.82) is 0 Å². The SMILES string of the molecule is CCOCCOC(=O)c1ccc(NC(=O)/C=C/c2ccc(OC)c(Br)c2)cc1. The number of amides is 1. The van der Waals surface area contributed by atoms with E-state index in [0.717, 1.165) is 15.8 Å².